The molecule has 0 aliphatic heterocycles. The molecule has 0 aliphatic rings. The Kier molecular flexibility index (Phi) is 7.23. The maximum absolute atomic E-state index is 5.33. The van der Waals surface area contributed by atoms with Crippen LogP contribution in [0.1, 0.15) is 27.2 Å². The minimum atomic E-state index is 0.150. The Balaban J connectivity index is 3.69. The lowest BCUT2D eigenvalue weighted by molar-refractivity contribution is 0.0405. The van der Waals surface area contributed by atoms with Crippen molar-refractivity contribution in [3.63, 3.8) is 0 Å². The first-order valence-electron chi connectivity index (χ1n) is 5.07. The van der Waals surface area contributed by atoms with Crippen LogP contribution in [0.2, 0.25) is 0 Å². The van der Waals surface area contributed by atoms with Gasteiger partial charge in [0.05, 0.1) is 0 Å². The third kappa shape index (κ3) is 6.99. The van der Waals surface area contributed by atoms with Crippen molar-refractivity contribution in [1.82, 2.24) is 10.2 Å². The second-order valence-corrected chi connectivity index (χ2v) is 3.81. The summed E-state index contributed by atoms with van der Waals surface area (Å²) in [6.45, 7) is 8.52. The van der Waals surface area contributed by atoms with Crippen molar-refractivity contribution in [1.29, 1.82) is 0 Å². The zero-order valence-corrected chi connectivity index (χ0v) is 9.63. The van der Waals surface area contributed by atoms with Crippen LogP contribution in [0.4, 0.5) is 0 Å². The smallest absolute Gasteiger partial charge is 0.120 e. The Morgan fingerprint density at radius 3 is 2.38 bits per heavy atom. The van der Waals surface area contributed by atoms with Gasteiger partial charge in [-0.2, -0.15) is 0 Å². The number of rotatable bonds is 7. The molecule has 0 amide bonds. The van der Waals surface area contributed by atoms with Gasteiger partial charge in [-0.3, -0.25) is 5.32 Å². The second kappa shape index (κ2) is 7.30. The van der Waals surface area contributed by atoms with E-state index in [-0.39, 0.29) is 6.23 Å². The maximum Gasteiger partial charge on any atom is 0.120 e. The molecule has 0 spiro atoms. The Bertz CT molecular complexity index is 117. The van der Waals surface area contributed by atoms with Crippen LogP contribution in [0.15, 0.2) is 0 Å². The molecule has 0 aromatic carbocycles. The van der Waals surface area contributed by atoms with Gasteiger partial charge in [-0.15, -0.1) is 0 Å². The second-order valence-electron chi connectivity index (χ2n) is 3.81. The molecule has 0 fully saturated rings. The van der Waals surface area contributed by atoms with Gasteiger partial charge in [0.15, 0.2) is 0 Å². The van der Waals surface area contributed by atoms with Gasteiger partial charge in [-0.05, 0) is 33.9 Å². The van der Waals surface area contributed by atoms with Gasteiger partial charge in [-0.25, -0.2) is 0 Å². The van der Waals surface area contributed by atoms with Crippen molar-refractivity contribution < 1.29 is 4.74 Å². The highest BCUT2D eigenvalue weighted by Crippen LogP contribution is 1.94. The fourth-order valence-electron chi connectivity index (χ4n) is 1.32. The monoisotopic (exact) mass is 188 g/mol. The molecule has 0 rings (SSSR count). The Morgan fingerprint density at radius 2 is 2.00 bits per heavy atom. The molecule has 0 saturated carbocycles. The van der Waals surface area contributed by atoms with Crippen molar-refractivity contribution in [2.24, 2.45) is 0 Å². The Hall–Kier alpha value is -0.120. The topological polar surface area (TPSA) is 24.5 Å². The third-order valence-corrected chi connectivity index (χ3v) is 1.89. The predicted molar refractivity (Wildman–Crippen MR) is 56.9 cm³/mol. The number of methoxy groups -OCH3 is 1. The first-order chi connectivity index (χ1) is 6.10. The van der Waals surface area contributed by atoms with E-state index in [0.29, 0.717) is 6.04 Å². The van der Waals surface area contributed by atoms with Gasteiger partial charge in [0.25, 0.3) is 0 Å². The van der Waals surface area contributed by atoms with Crippen LogP contribution in [0.3, 0.4) is 0 Å². The van der Waals surface area contributed by atoms with Crippen molar-refractivity contribution >= 4 is 0 Å². The number of nitrogens with zero attached hydrogens (tertiary/aromatic N) is 1. The summed E-state index contributed by atoms with van der Waals surface area (Å²) < 4.78 is 5.33. The zero-order valence-electron chi connectivity index (χ0n) is 9.63. The van der Waals surface area contributed by atoms with Crippen molar-refractivity contribution in [3.05, 3.63) is 0 Å². The SMILES string of the molecule is CCCN(C)C[C@H](NC(C)C)OC. The van der Waals surface area contributed by atoms with E-state index in [1.165, 1.54) is 6.42 Å². The normalized spacial score (nSPS) is 14.1. The van der Waals surface area contributed by atoms with Crippen LogP contribution in [-0.2, 0) is 4.74 Å². The summed E-state index contributed by atoms with van der Waals surface area (Å²) in [7, 11) is 3.87. The summed E-state index contributed by atoms with van der Waals surface area (Å²) in [6.07, 6.45) is 1.34. The molecule has 1 atom stereocenters. The standard InChI is InChI=1S/C10H24N2O/c1-6-7-12(4)8-10(13-5)11-9(2)3/h9-11H,6-8H2,1-5H3/t10-/m1/s1. The summed E-state index contributed by atoms with van der Waals surface area (Å²) >= 11 is 0. The highest BCUT2D eigenvalue weighted by Gasteiger charge is 2.10. The fraction of sp³-hybridized carbons (Fsp3) is 1.00. The predicted octanol–water partition coefficient (Wildman–Crippen LogP) is 1.30. The van der Waals surface area contributed by atoms with Crippen LogP contribution in [0, 0.1) is 0 Å². The lowest BCUT2D eigenvalue weighted by Crippen LogP contribution is -2.44. The first-order valence-corrected chi connectivity index (χ1v) is 5.07. The van der Waals surface area contributed by atoms with E-state index in [0.717, 1.165) is 13.1 Å². The summed E-state index contributed by atoms with van der Waals surface area (Å²) in [5.74, 6) is 0. The highest BCUT2D eigenvalue weighted by atomic mass is 16.5. The van der Waals surface area contributed by atoms with Gasteiger partial charge in [0, 0.05) is 19.7 Å². The van der Waals surface area contributed by atoms with Crippen LogP contribution in [-0.4, -0.2) is 44.4 Å². The fourth-order valence-corrected chi connectivity index (χ4v) is 1.32. The Morgan fingerprint density at radius 1 is 1.38 bits per heavy atom. The molecule has 80 valence electrons. The molecule has 0 saturated heterocycles. The summed E-state index contributed by atoms with van der Waals surface area (Å²) in [5, 5.41) is 3.35. The van der Waals surface area contributed by atoms with E-state index >= 15 is 0 Å². The molecule has 0 heterocycles. The molecule has 13 heavy (non-hydrogen) atoms. The lowest BCUT2D eigenvalue weighted by atomic mass is 10.3. The van der Waals surface area contributed by atoms with Gasteiger partial charge < -0.3 is 9.64 Å². The van der Waals surface area contributed by atoms with Gasteiger partial charge in [0.2, 0.25) is 0 Å². The van der Waals surface area contributed by atoms with E-state index in [1.54, 1.807) is 7.11 Å². The minimum Gasteiger partial charge on any atom is -0.365 e. The number of ether oxygens (including phenoxy) is 1. The largest absolute Gasteiger partial charge is 0.365 e. The summed E-state index contributed by atoms with van der Waals surface area (Å²) in [4.78, 5) is 2.28. The maximum atomic E-state index is 5.33. The van der Waals surface area contributed by atoms with Crippen LogP contribution in [0.25, 0.3) is 0 Å². The molecular weight excluding hydrogens is 164 g/mol. The van der Waals surface area contributed by atoms with Crippen molar-refractivity contribution in [3.8, 4) is 0 Å². The Labute approximate surface area is 82.4 Å². The molecule has 0 unspecified atom stereocenters. The number of hydrogen-bond acceptors (Lipinski definition) is 3. The number of likely N-dealkylation sites (N-methyl/N-ethyl adjacent to an activating group) is 1. The molecule has 0 bridgehead atoms. The van der Waals surface area contributed by atoms with Crippen molar-refractivity contribution in [2.45, 2.75) is 39.5 Å². The minimum absolute atomic E-state index is 0.150. The third-order valence-electron chi connectivity index (χ3n) is 1.89. The summed E-state index contributed by atoms with van der Waals surface area (Å²) in [6, 6.07) is 0.472. The van der Waals surface area contributed by atoms with Crippen LogP contribution < -0.4 is 5.32 Å². The highest BCUT2D eigenvalue weighted by molar-refractivity contribution is 4.63. The van der Waals surface area contributed by atoms with Crippen LogP contribution in [0.5, 0.6) is 0 Å². The van der Waals surface area contributed by atoms with E-state index in [9.17, 15) is 0 Å². The number of nitrogens with one attached hydrogen (secondary N) is 1. The summed E-state index contributed by atoms with van der Waals surface area (Å²) in [5.41, 5.74) is 0. The molecule has 0 aromatic rings. The van der Waals surface area contributed by atoms with E-state index in [2.05, 4.69) is 38.0 Å². The van der Waals surface area contributed by atoms with Crippen molar-refractivity contribution in [2.75, 3.05) is 27.2 Å². The molecule has 0 aliphatic carbocycles. The zero-order chi connectivity index (χ0) is 10.3. The molecule has 3 nitrogen and oxygen atoms in total. The van der Waals surface area contributed by atoms with Crippen LogP contribution >= 0.6 is 0 Å². The van der Waals surface area contributed by atoms with E-state index in [1.807, 2.05) is 0 Å². The average Bonchev–Trinajstić information content (AvgIpc) is 2.02. The van der Waals surface area contributed by atoms with Gasteiger partial charge in [0.1, 0.15) is 6.23 Å². The van der Waals surface area contributed by atoms with E-state index < -0.39 is 0 Å². The molecule has 1 N–H and O–H groups in total. The molecule has 3 heteroatoms. The molecular formula is C10H24N2O. The molecule has 0 radical (unpaired) electrons. The average molecular weight is 188 g/mol. The van der Waals surface area contributed by atoms with E-state index in [4.69, 9.17) is 4.74 Å². The molecule has 0 aromatic heterocycles. The quantitative estimate of drug-likeness (QED) is 0.609. The lowest BCUT2D eigenvalue weighted by Gasteiger charge is -2.25. The first kappa shape index (κ1) is 12.9. The van der Waals surface area contributed by atoms with Gasteiger partial charge >= 0.3 is 0 Å². The number of hydrogen-bond donors (Lipinski definition) is 1. The van der Waals surface area contributed by atoms with Gasteiger partial charge in [-0.1, -0.05) is 6.92 Å².